The Hall–Kier alpha value is -2.74. The first-order valence-corrected chi connectivity index (χ1v) is 8.33. The monoisotopic (exact) mass is 401 g/mol. The number of nitrogens with zero attached hydrogens (tertiary/aromatic N) is 4. The molecule has 0 unspecified atom stereocenters. The number of tetrazole rings is 1. The first-order chi connectivity index (χ1) is 12.1. The van der Waals surface area contributed by atoms with Crippen LogP contribution in [0.15, 0.2) is 46.9 Å². The lowest BCUT2D eigenvalue weighted by Gasteiger charge is -2.10. The van der Waals surface area contributed by atoms with Gasteiger partial charge in [0.25, 0.3) is 0 Å². The fourth-order valence-electron chi connectivity index (χ4n) is 2.30. The van der Waals surface area contributed by atoms with Gasteiger partial charge in [0.1, 0.15) is 12.3 Å². The van der Waals surface area contributed by atoms with Gasteiger partial charge in [0.2, 0.25) is 11.7 Å². The molecule has 0 bridgehead atoms. The number of carbonyl (C=O) groups excluding carboxylic acids is 1. The van der Waals surface area contributed by atoms with E-state index in [4.69, 9.17) is 4.74 Å². The van der Waals surface area contributed by atoms with Gasteiger partial charge in [0.05, 0.1) is 12.8 Å². The maximum Gasteiger partial charge on any atom is 0.248 e. The van der Waals surface area contributed by atoms with E-state index in [1.165, 1.54) is 4.80 Å². The van der Waals surface area contributed by atoms with E-state index >= 15 is 0 Å². The molecule has 1 amide bonds. The molecule has 8 heteroatoms. The van der Waals surface area contributed by atoms with Gasteiger partial charge in [0.15, 0.2) is 0 Å². The number of carbonyl (C=O) groups is 1. The maximum atomic E-state index is 12.3. The van der Waals surface area contributed by atoms with Crippen LogP contribution in [0.1, 0.15) is 5.56 Å². The molecule has 0 aliphatic carbocycles. The van der Waals surface area contributed by atoms with E-state index in [2.05, 4.69) is 36.7 Å². The van der Waals surface area contributed by atoms with Gasteiger partial charge in [-0.1, -0.05) is 34.1 Å². The van der Waals surface area contributed by atoms with Gasteiger partial charge >= 0.3 is 0 Å². The third-order valence-corrected chi connectivity index (χ3v) is 4.17. The Labute approximate surface area is 153 Å². The Morgan fingerprint density at radius 3 is 2.84 bits per heavy atom. The summed E-state index contributed by atoms with van der Waals surface area (Å²) in [7, 11) is 1.56. The van der Waals surface area contributed by atoms with Gasteiger partial charge in [-0.25, -0.2) is 0 Å². The predicted molar refractivity (Wildman–Crippen MR) is 97.3 cm³/mol. The normalized spacial score (nSPS) is 10.5. The van der Waals surface area contributed by atoms with Crippen molar-refractivity contribution in [1.82, 2.24) is 20.2 Å². The van der Waals surface area contributed by atoms with Crippen molar-refractivity contribution in [2.45, 2.75) is 13.5 Å². The lowest BCUT2D eigenvalue weighted by Crippen LogP contribution is -2.20. The van der Waals surface area contributed by atoms with Gasteiger partial charge in [-0.15, -0.1) is 10.2 Å². The van der Waals surface area contributed by atoms with E-state index in [1.807, 2.05) is 49.4 Å². The van der Waals surface area contributed by atoms with E-state index in [-0.39, 0.29) is 12.5 Å². The van der Waals surface area contributed by atoms with Gasteiger partial charge in [-0.2, -0.15) is 4.80 Å². The average molecular weight is 402 g/mol. The Balaban J connectivity index is 1.72. The fourth-order valence-corrected chi connectivity index (χ4v) is 2.76. The summed E-state index contributed by atoms with van der Waals surface area (Å²) in [5.41, 5.74) is 2.44. The first-order valence-electron chi connectivity index (χ1n) is 7.54. The molecular weight excluding hydrogens is 386 g/mol. The molecule has 1 heterocycles. The van der Waals surface area contributed by atoms with Crippen molar-refractivity contribution in [2.24, 2.45) is 0 Å². The van der Waals surface area contributed by atoms with E-state index in [0.29, 0.717) is 17.3 Å². The molecule has 128 valence electrons. The summed E-state index contributed by atoms with van der Waals surface area (Å²) in [6.45, 7) is 1.90. The lowest BCUT2D eigenvalue weighted by molar-refractivity contribution is -0.117. The number of anilines is 1. The largest absolute Gasteiger partial charge is 0.495 e. The number of rotatable bonds is 5. The Kier molecular flexibility index (Phi) is 5.08. The topological polar surface area (TPSA) is 81.9 Å². The zero-order valence-corrected chi connectivity index (χ0v) is 15.3. The average Bonchev–Trinajstić information content (AvgIpc) is 3.03. The van der Waals surface area contributed by atoms with Crippen molar-refractivity contribution in [3.63, 3.8) is 0 Å². The second-order valence-electron chi connectivity index (χ2n) is 5.38. The molecule has 0 fully saturated rings. The second kappa shape index (κ2) is 7.43. The van der Waals surface area contributed by atoms with Crippen LogP contribution in [0.5, 0.6) is 5.75 Å². The molecule has 0 radical (unpaired) electrons. The minimum atomic E-state index is -0.264. The molecule has 0 saturated heterocycles. The zero-order chi connectivity index (χ0) is 17.8. The number of aromatic nitrogens is 4. The molecule has 0 atom stereocenters. The number of hydrogen-bond donors (Lipinski definition) is 1. The summed E-state index contributed by atoms with van der Waals surface area (Å²) >= 11 is 3.45. The highest BCUT2D eigenvalue weighted by molar-refractivity contribution is 9.10. The Morgan fingerprint density at radius 2 is 2.08 bits per heavy atom. The number of hydrogen-bond acceptors (Lipinski definition) is 5. The van der Waals surface area contributed by atoms with Crippen LogP contribution < -0.4 is 10.1 Å². The molecule has 1 N–H and O–H groups in total. The summed E-state index contributed by atoms with van der Waals surface area (Å²) in [6, 6.07) is 13.1. The maximum absolute atomic E-state index is 12.3. The van der Waals surface area contributed by atoms with Crippen molar-refractivity contribution in [3.8, 4) is 17.1 Å². The SMILES string of the molecule is COc1ccc(C)cc1NC(=O)Cn1nnc(-c2ccccc2Br)n1. The molecule has 0 aliphatic heterocycles. The van der Waals surface area contributed by atoms with Gasteiger partial charge in [-0.05, 0) is 42.0 Å². The van der Waals surface area contributed by atoms with Crippen LogP contribution in [0.4, 0.5) is 5.69 Å². The third-order valence-electron chi connectivity index (χ3n) is 3.48. The first kappa shape index (κ1) is 17.1. The molecule has 2 aromatic carbocycles. The molecule has 0 spiro atoms. The Bertz CT molecular complexity index is 910. The summed E-state index contributed by atoms with van der Waals surface area (Å²) in [5.74, 6) is 0.785. The second-order valence-corrected chi connectivity index (χ2v) is 6.23. The van der Waals surface area contributed by atoms with Crippen LogP contribution >= 0.6 is 15.9 Å². The Morgan fingerprint density at radius 1 is 1.28 bits per heavy atom. The minimum Gasteiger partial charge on any atom is -0.495 e. The molecule has 3 rings (SSSR count). The van der Waals surface area contributed by atoms with Gasteiger partial charge < -0.3 is 10.1 Å². The minimum absolute atomic E-state index is 0.0471. The predicted octanol–water partition coefficient (Wildman–Crippen LogP) is 3.06. The van der Waals surface area contributed by atoms with Crippen LogP contribution in [-0.4, -0.2) is 33.2 Å². The molecule has 0 saturated carbocycles. The van der Waals surface area contributed by atoms with Crippen LogP contribution in [0.3, 0.4) is 0 Å². The molecule has 0 aliphatic rings. The third kappa shape index (κ3) is 4.03. The molecule has 25 heavy (non-hydrogen) atoms. The summed E-state index contributed by atoms with van der Waals surface area (Å²) in [6.07, 6.45) is 0. The molecule has 7 nitrogen and oxygen atoms in total. The van der Waals surface area contributed by atoms with E-state index < -0.39 is 0 Å². The highest BCUT2D eigenvalue weighted by atomic mass is 79.9. The van der Waals surface area contributed by atoms with Crippen LogP contribution in [0, 0.1) is 6.92 Å². The van der Waals surface area contributed by atoms with Crippen LogP contribution in [-0.2, 0) is 11.3 Å². The highest BCUT2D eigenvalue weighted by Crippen LogP contribution is 2.25. The van der Waals surface area contributed by atoms with Crippen molar-refractivity contribution < 1.29 is 9.53 Å². The number of benzene rings is 2. The van der Waals surface area contributed by atoms with Crippen molar-refractivity contribution in [1.29, 1.82) is 0 Å². The molecule has 3 aromatic rings. The fraction of sp³-hybridized carbons (Fsp3) is 0.176. The van der Waals surface area contributed by atoms with Crippen LogP contribution in [0.2, 0.25) is 0 Å². The number of halogens is 1. The number of methoxy groups -OCH3 is 1. The van der Waals surface area contributed by atoms with Crippen molar-refractivity contribution in [3.05, 3.63) is 52.5 Å². The van der Waals surface area contributed by atoms with E-state index in [1.54, 1.807) is 7.11 Å². The van der Waals surface area contributed by atoms with Crippen LogP contribution in [0.25, 0.3) is 11.4 Å². The molecule has 1 aromatic heterocycles. The van der Waals surface area contributed by atoms with Crippen molar-refractivity contribution in [2.75, 3.05) is 12.4 Å². The van der Waals surface area contributed by atoms with Crippen molar-refractivity contribution >= 4 is 27.5 Å². The lowest BCUT2D eigenvalue weighted by atomic mass is 10.2. The quantitative estimate of drug-likeness (QED) is 0.710. The van der Waals surface area contributed by atoms with E-state index in [0.717, 1.165) is 15.6 Å². The smallest absolute Gasteiger partial charge is 0.248 e. The number of aryl methyl sites for hydroxylation is 1. The zero-order valence-electron chi connectivity index (χ0n) is 13.7. The van der Waals surface area contributed by atoms with E-state index in [9.17, 15) is 4.79 Å². The molecular formula is C17H16BrN5O2. The standard InChI is InChI=1S/C17H16BrN5O2/c1-11-7-8-15(25-2)14(9-11)19-16(24)10-23-21-17(20-22-23)12-5-3-4-6-13(12)18/h3-9H,10H2,1-2H3,(H,19,24). The number of nitrogens with one attached hydrogen (secondary N) is 1. The number of amides is 1. The van der Waals surface area contributed by atoms with Gasteiger partial charge in [0, 0.05) is 10.0 Å². The summed E-state index contributed by atoms with van der Waals surface area (Å²) in [5, 5.41) is 15.0. The number of ether oxygens (including phenoxy) is 1. The highest BCUT2D eigenvalue weighted by Gasteiger charge is 2.13. The summed E-state index contributed by atoms with van der Waals surface area (Å²) in [4.78, 5) is 13.5. The van der Waals surface area contributed by atoms with Gasteiger partial charge in [-0.3, -0.25) is 4.79 Å². The summed E-state index contributed by atoms with van der Waals surface area (Å²) < 4.78 is 6.12.